The molecule has 1 aromatic rings. The van der Waals surface area contributed by atoms with Crippen LogP contribution in [0.2, 0.25) is 0 Å². The van der Waals surface area contributed by atoms with E-state index in [0.717, 1.165) is 12.1 Å². The summed E-state index contributed by atoms with van der Waals surface area (Å²) in [5.41, 5.74) is 5.22. The Labute approximate surface area is 106 Å². The third-order valence-corrected chi connectivity index (χ3v) is 3.76. The highest BCUT2D eigenvalue weighted by Gasteiger charge is 2.35. The summed E-state index contributed by atoms with van der Waals surface area (Å²) in [6.45, 7) is -0.271. The van der Waals surface area contributed by atoms with E-state index in [1.807, 2.05) is 0 Å². The molecule has 4 nitrogen and oxygen atoms in total. The van der Waals surface area contributed by atoms with Crippen LogP contribution in [0.1, 0.15) is 10.9 Å². The molecule has 0 unspecified atom stereocenters. The van der Waals surface area contributed by atoms with Crippen LogP contribution < -0.4 is 5.73 Å². The summed E-state index contributed by atoms with van der Waals surface area (Å²) in [6, 6.07) is 3.14. The first-order valence-electron chi connectivity index (χ1n) is 5.13. The summed E-state index contributed by atoms with van der Waals surface area (Å²) >= 11 is 1.18. The Balaban J connectivity index is 2.31. The number of benzene rings is 1. The summed E-state index contributed by atoms with van der Waals surface area (Å²) in [4.78, 5) is 23.7. The zero-order chi connectivity index (χ0) is 13.3. The van der Waals surface area contributed by atoms with E-state index in [4.69, 9.17) is 5.73 Å². The second kappa shape index (κ2) is 4.93. The molecule has 0 saturated carbocycles. The van der Waals surface area contributed by atoms with E-state index in [-0.39, 0.29) is 23.8 Å². The van der Waals surface area contributed by atoms with Gasteiger partial charge in [0.25, 0.3) is 0 Å². The highest BCUT2D eigenvalue weighted by atomic mass is 32.2. The van der Waals surface area contributed by atoms with Gasteiger partial charge in [-0.05, 0) is 6.07 Å². The number of primary amides is 1. The van der Waals surface area contributed by atoms with Gasteiger partial charge >= 0.3 is 0 Å². The number of carbonyl (C=O) groups excluding carboxylic acids is 2. The molecule has 2 rings (SSSR count). The first-order valence-corrected chi connectivity index (χ1v) is 6.18. The summed E-state index contributed by atoms with van der Waals surface area (Å²) in [6.07, 6.45) is 0. The number of amides is 2. The monoisotopic (exact) mass is 272 g/mol. The number of nitrogens with zero attached hydrogens (tertiary/aromatic N) is 1. The van der Waals surface area contributed by atoms with Crippen LogP contribution in [0.25, 0.3) is 0 Å². The molecule has 1 atom stereocenters. The molecule has 0 aromatic heterocycles. The van der Waals surface area contributed by atoms with Crippen LogP contribution in [0, 0.1) is 11.6 Å². The number of carbonyl (C=O) groups is 2. The Kier molecular flexibility index (Phi) is 3.51. The average molecular weight is 272 g/mol. The maximum Gasteiger partial charge on any atom is 0.237 e. The molecule has 1 aromatic carbocycles. The molecule has 1 aliphatic rings. The first-order chi connectivity index (χ1) is 8.49. The number of thioether (sulfide) groups is 1. The lowest BCUT2D eigenvalue weighted by Crippen LogP contribution is -2.36. The van der Waals surface area contributed by atoms with E-state index in [1.165, 1.54) is 22.7 Å². The van der Waals surface area contributed by atoms with Crippen LogP contribution in [-0.4, -0.2) is 29.0 Å². The number of rotatable bonds is 3. The van der Waals surface area contributed by atoms with Crippen molar-refractivity contribution >= 4 is 23.6 Å². The van der Waals surface area contributed by atoms with Gasteiger partial charge in [0, 0.05) is 11.6 Å². The predicted octanol–water partition coefficient (Wildman–Crippen LogP) is 1.02. The van der Waals surface area contributed by atoms with Crippen molar-refractivity contribution in [3.8, 4) is 0 Å². The van der Waals surface area contributed by atoms with Crippen LogP contribution in [0.3, 0.4) is 0 Å². The molecule has 2 amide bonds. The van der Waals surface area contributed by atoms with E-state index in [0.29, 0.717) is 0 Å². The van der Waals surface area contributed by atoms with E-state index >= 15 is 0 Å². The molecule has 18 heavy (non-hydrogen) atoms. The summed E-state index contributed by atoms with van der Waals surface area (Å²) < 4.78 is 26.4. The fraction of sp³-hybridized carbons (Fsp3) is 0.273. The van der Waals surface area contributed by atoms with Gasteiger partial charge in [0.2, 0.25) is 11.8 Å². The summed E-state index contributed by atoms with van der Waals surface area (Å²) in [5, 5.41) is -0.634. The Bertz CT molecular complexity index is 510. The quantitative estimate of drug-likeness (QED) is 0.893. The van der Waals surface area contributed by atoms with Crippen LogP contribution in [0.5, 0.6) is 0 Å². The van der Waals surface area contributed by atoms with Crippen LogP contribution >= 0.6 is 11.8 Å². The second-order valence-electron chi connectivity index (χ2n) is 3.82. The van der Waals surface area contributed by atoms with Gasteiger partial charge in [-0.1, -0.05) is 6.07 Å². The second-order valence-corrected chi connectivity index (χ2v) is 4.89. The molecule has 1 aliphatic heterocycles. The Morgan fingerprint density at radius 3 is 2.83 bits per heavy atom. The molecule has 1 heterocycles. The number of hydrogen-bond donors (Lipinski definition) is 1. The minimum absolute atomic E-state index is 0.148. The standard InChI is InChI=1S/C11H10F2N2O2S/c12-6-1-2-7(8(13)3-6)11-15(4-9(14)16)10(17)5-18-11/h1-3,11H,4-5H2,(H2,14,16)/t11-/m0/s1. The van der Waals surface area contributed by atoms with E-state index < -0.39 is 22.9 Å². The normalized spacial score (nSPS) is 19.3. The van der Waals surface area contributed by atoms with Crippen molar-refractivity contribution in [3.05, 3.63) is 35.4 Å². The molecule has 7 heteroatoms. The maximum atomic E-state index is 13.6. The van der Waals surface area contributed by atoms with Crippen molar-refractivity contribution < 1.29 is 18.4 Å². The molecule has 1 fully saturated rings. The molecular formula is C11H10F2N2O2S. The van der Waals surface area contributed by atoms with Gasteiger partial charge in [0.1, 0.15) is 23.6 Å². The van der Waals surface area contributed by atoms with Crippen LogP contribution in [0.15, 0.2) is 18.2 Å². The molecular weight excluding hydrogens is 262 g/mol. The topological polar surface area (TPSA) is 63.4 Å². The molecule has 1 saturated heterocycles. The molecule has 2 N–H and O–H groups in total. The number of nitrogens with two attached hydrogens (primary N) is 1. The third kappa shape index (κ3) is 2.45. The minimum atomic E-state index is -0.739. The summed E-state index contributed by atoms with van der Waals surface area (Å²) in [5.74, 6) is -2.23. The Morgan fingerprint density at radius 2 is 2.22 bits per heavy atom. The minimum Gasteiger partial charge on any atom is -0.368 e. The highest BCUT2D eigenvalue weighted by Crippen LogP contribution is 2.39. The highest BCUT2D eigenvalue weighted by molar-refractivity contribution is 8.00. The van der Waals surface area contributed by atoms with Crippen molar-refractivity contribution in [1.29, 1.82) is 0 Å². The lowest BCUT2D eigenvalue weighted by molar-refractivity contribution is -0.132. The van der Waals surface area contributed by atoms with E-state index in [1.54, 1.807) is 0 Å². The third-order valence-electron chi connectivity index (χ3n) is 2.52. The van der Waals surface area contributed by atoms with E-state index in [2.05, 4.69) is 0 Å². The number of halogens is 2. The molecule has 0 aliphatic carbocycles. The zero-order valence-electron chi connectivity index (χ0n) is 9.23. The van der Waals surface area contributed by atoms with Gasteiger partial charge < -0.3 is 10.6 Å². The Morgan fingerprint density at radius 1 is 1.50 bits per heavy atom. The average Bonchev–Trinajstić information content (AvgIpc) is 2.60. The van der Waals surface area contributed by atoms with Crippen molar-refractivity contribution in [1.82, 2.24) is 4.90 Å². The van der Waals surface area contributed by atoms with Crippen LogP contribution in [0.4, 0.5) is 8.78 Å². The maximum absolute atomic E-state index is 13.6. The van der Waals surface area contributed by atoms with E-state index in [9.17, 15) is 18.4 Å². The summed E-state index contributed by atoms with van der Waals surface area (Å²) in [7, 11) is 0. The SMILES string of the molecule is NC(=O)CN1C(=O)CS[C@H]1c1ccc(F)cc1F. The molecule has 0 radical (unpaired) electrons. The van der Waals surface area contributed by atoms with Gasteiger partial charge in [0.15, 0.2) is 0 Å². The van der Waals surface area contributed by atoms with Crippen molar-refractivity contribution in [2.45, 2.75) is 5.37 Å². The van der Waals surface area contributed by atoms with Gasteiger partial charge in [-0.3, -0.25) is 9.59 Å². The predicted molar refractivity (Wildman–Crippen MR) is 62.5 cm³/mol. The van der Waals surface area contributed by atoms with Crippen molar-refractivity contribution in [2.75, 3.05) is 12.3 Å². The van der Waals surface area contributed by atoms with Crippen LogP contribution in [-0.2, 0) is 9.59 Å². The fourth-order valence-electron chi connectivity index (χ4n) is 1.75. The first kappa shape index (κ1) is 12.8. The van der Waals surface area contributed by atoms with Crippen molar-refractivity contribution in [2.24, 2.45) is 5.73 Å². The zero-order valence-corrected chi connectivity index (χ0v) is 10.0. The lowest BCUT2D eigenvalue weighted by atomic mass is 10.2. The molecule has 96 valence electrons. The van der Waals surface area contributed by atoms with Gasteiger partial charge in [0.05, 0.1) is 5.75 Å². The van der Waals surface area contributed by atoms with Crippen molar-refractivity contribution in [3.63, 3.8) is 0 Å². The number of hydrogen-bond acceptors (Lipinski definition) is 3. The lowest BCUT2D eigenvalue weighted by Gasteiger charge is -2.23. The van der Waals surface area contributed by atoms with Gasteiger partial charge in [-0.25, -0.2) is 8.78 Å². The molecule has 0 bridgehead atoms. The smallest absolute Gasteiger partial charge is 0.237 e. The molecule has 0 spiro atoms. The van der Waals surface area contributed by atoms with Gasteiger partial charge in [-0.2, -0.15) is 0 Å². The van der Waals surface area contributed by atoms with Gasteiger partial charge in [-0.15, -0.1) is 11.8 Å². The Hall–Kier alpha value is -1.63. The fourth-order valence-corrected chi connectivity index (χ4v) is 2.96. The largest absolute Gasteiger partial charge is 0.368 e.